The lowest BCUT2D eigenvalue weighted by Gasteiger charge is -2.31. The molecule has 1 aliphatic heterocycles. The van der Waals surface area contributed by atoms with Crippen LogP contribution in [0.4, 0.5) is 11.8 Å². The van der Waals surface area contributed by atoms with E-state index in [1.54, 1.807) is 31.4 Å². The van der Waals surface area contributed by atoms with E-state index in [0.29, 0.717) is 11.3 Å². The zero-order valence-corrected chi connectivity index (χ0v) is 13.6. The van der Waals surface area contributed by atoms with Gasteiger partial charge >= 0.3 is 0 Å². The maximum Gasteiger partial charge on any atom is 0.258 e. The second kappa shape index (κ2) is 6.27. The Hall–Kier alpha value is -3.36. The highest BCUT2D eigenvalue weighted by atomic mass is 16.5. The fourth-order valence-corrected chi connectivity index (χ4v) is 3.06. The minimum absolute atomic E-state index is 0.0940. The van der Waals surface area contributed by atoms with E-state index in [1.165, 1.54) is 6.92 Å². The van der Waals surface area contributed by atoms with E-state index in [1.807, 2.05) is 0 Å². The molecule has 9 nitrogen and oxygen atoms in total. The molecule has 1 aromatic carbocycles. The molecule has 0 spiro atoms. The molecule has 0 bridgehead atoms. The molecule has 1 aromatic heterocycles. The van der Waals surface area contributed by atoms with Crippen molar-refractivity contribution in [1.82, 2.24) is 9.97 Å². The van der Waals surface area contributed by atoms with Crippen LogP contribution in [-0.4, -0.2) is 33.9 Å². The summed E-state index contributed by atoms with van der Waals surface area (Å²) in [6.45, 7) is 1.52. The van der Waals surface area contributed by atoms with Crippen molar-refractivity contribution in [3.63, 3.8) is 0 Å². The number of nitrogens with two attached hydrogens (primary N) is 1. The first-order valence-electron chi connectivity index (χ1n) is 7.49. The lowest BCUT2D eigenvalue weighted by atomic mass is 9.76. The first-order chi connectivity index (χ1) is 12.0. The van der Waals surface area contributed by atoms with Gasteiger partial charge in [0.1, 0.15) is 11.6 Å². The molecule has 2 heterocycles. The van der Waals surface area contributed by atoms with E-state index in [4.69, 9.17) is 10.5 Å². The molecule has 5 N–H and O–H groups in total. The van der Waals surface area contributed by atoms with Crippen LogP contribution < -0.4 is 21.3 Å². The van der Waals surface area contributed by atoms with Crippen LogP contribution in [0.5, 0.6) is 5.75 Å². The van der Waals surface area contributed by atoms with Crippen molar-refractivity contribution in [1.29, 1.82) is 0 Å². The summed E-state index contributed by atoms with van der Waals surface area (Å²) in [5.74, 6) is -1.32. The van der Waals surface area contributed by atoms with Crippen molar-refractivity contribution < 1.29 is 14.7 Å². The fourth-order valence-electron chi connectivity index (χ4n) is 3.06. The highest BCUT2D eigenvalue weighted by Gasteiger charge is 2.41. The van der Waals surface area contributed by atoms with Gasteiger partial charge in [-0.15, -0.1) is 0 Å². The summed E-state index contributed by atoms with van der Waals surface area (Å²) in [4.78, 5) is 31.5. The number of hydrogen-bond donors (Lipinski definition) is 4. The highest BCUT2D eigenvalue weighted by molar-refractivity contribution is 6.11. The Kier molecular flexibility index (Phi) is 4.14. The van der Waals surface area contributed by atoms with Crippen LogP contribution in [0.25, 0.3) is 0 Å². The van der Waals surface area contributed by atoms with Crippen LogP contribution >= 0.6 is 0 Å². The molecular weight excluding hydrogens is 326 g/mol. The van der Waals surface area contributed by atoms with Gasteiger partial charge < -0.3 is 21.0 Å². The van der Waals surface area contributed by atoms with Crippen LogP contribution in [0.1, 0.15) is 24.0 Å². The summed E-state index contributed by atoms with van der Waals surface area (Å²) < 4.78 is 5.14. The Morgan fingerprint density at radius 2 is 2.00 bits per heavy atom. The summed E-state index contributed by atoms with van der Waals surface area (Å²) in [5, 5.41) is 14.9. The monoisotopic (exact) mass is 343 g/mol. The predicted molar refractivity (Wildman–Crippen MR) is 91.1 cm³/mol. The normalized spacial score (nSPS) is 19.9. The number of oxime groups is 1. The van der Waals surface area contributed by atoms with Crippen LogP contribution in [-0.2, 0) is 4.79 Å². The molecule has 25 heavy (non-hydrogen) atoms. The number of hydrogen-bond acceptors (Lipinski definition) is 7. The van der Waals surface area contributed by atoms with Crippen LogP contribution in [0.3, 0.4) is 0 Å². The average Bonchev–Trinajstić information content (AvgIpc) is 2.59. The minimum atomic E-state index is -0.864. The van der Waals surface area contributed by atoms with E-state index >= 15 is 0 Å². The first-order valence-corrected chi connectivity index (χ1v) is 7.49. The number of nitrogens with zero attached hydrogens (tertiary/aromatic N) is 2. The predicted octanol–water partition coefficient (Wildman–Crippen LogP) is 0.911. The van der Waals surface area contributed by atoms with Gasteiger partial charge in [-0.3, -0.25) is 14.6 Å². The summed E-state index contributed by atoms with van der Waals surface area (Å²) in [7, 11) is 1.54. The standard InChI is InChI=1S/C16H17N5O4/c1-7(21-24)10-11(8-3-5-9(25-2)6-4-8)12-13(18-14(10)22)19-16(17)20-15(12)23/h3-6,10-11,24H,1-2H3,(H4,17,18,19,20,22,23)/b21-7+/t10-,11-/m0/s1. The van der Waals surface area contributed by atoms with E-state index in [9.17, 15) is 14.8 Å². The smallest absolute Gasteiger partial charge is 0.258 e. The third kappa shape index (κ3) is 2.80. The summed E-state index contributed by atoms with van der Waals surface area (Å²) in [6, 6.07) is 6.95. The van der Waals surface area contributed by atoms with Crippen molar-refractivity contribution in [3.05, 3.63) is 45.7 Å². The Labute approximate surface area is 142 Å². The van der Waals surface area contributed by atoms with E-state index in [-0.39, 0.29) is 23.0 Å². The number of aromatic amines is 1. The molecule has 1 aliphatic rings. The van der Waals surface area contributed by atoms with E-state index in [0.717, 1.165) is 0 Å². The highest BCUT2D eigenvalue weighted by Crippen LogP contribution is 2.39. The second-order valence-electron chi connectivity index (χ2n) is 5.67. The summed E-state index contributed by atoms with van der Waals surface area (Å²) >= 11 is 0. The molecule has 0 radical (unpaired) electrons. The number of aromatic nitrogens is 2. The van der Waals surface area contributed by atoms with Crippen LogP contribution in [0.2, 0.25) is 0 Å². The Bertz CT molecular complexity index is 904. The SMILES string of the molecule is COc1ccc([C@@H]2c3c(nc(N)[nH]c3=O)NC(=O)[C@H]2/C(C)=N/O)cc1. The summed E-state index contributed by atoms with van der Waals surface area (Å²) in [6.07, 6.45) is 0. The molecule has 2 atom stereocenters. The summed E-state index contributed by atoms with van der Waals surface area (Å²) in [5.41, 5.74) is 6.23. The number of methoxy groups -OCH3 is 1. The largest absolute Gasteiger partial charge is 0.497 e. The van der Waals surface area contributed by atoms with Crippen molar-refractivity contribution in [3.8, 4) is 5.75 Å². The number of fused-ring (bicyclic) bond motifs is 1. The number of carbonyl (C=O) groups is 1. The number of nitrogen functional groups attached to an aromatic ring is 1. The molecular formula is C16H17N5O4. The van der Waals surface area contributed by atoms with Gasteiger partial charge in [0.15, 0.2) is 0 Å². The van der Waals surface area contributed by atoms with Crippen molar-refractivity contribution >= 4 is 23.4 Å². The molecule has 0 fully saturated rings. The molecule has 2 aromatic rings. The number of ether oxygens (including phenoxy) is 1. The maximum absolute atomic E-state index is 12.6. The van der Waals surface area contributed by atoms with Crippen molar-refractivity contribution in [2.45, 2.75) is 12.8 Å². The molecule has 0 saturated heterocycles. The topological polar surface area (TPSA) is 143 Å². The van der Waals surface area contributed by atoms with Gasteiger partial charge in [0, 0.05) is 5.92 Å². The number of nitrogens with one attached hydrogen (secondary N) is 2. The molecule has 0 aliphatic carbocycles. The maximum atomic E-state index is 12.6. The van der Waals surface area contributed by atoms with Gasteiger partial charge in [-0.1, -0.05) is 17.3 Å². The fraction of sp³-hybridized carbons (Fsp3) is 0.250. The van der Waals surface area contributed by atoms with E-state index in [2.05, 4.69) is 20.4 Å². The third-order valence-corrected chi connectivity index (χ3v) is 4.22. The Balaban J connectivity index is 2.25. The lowest BCUT2D eigenvalue weighted by molar-refractivity contribution is -0.118. The van der Waals surface area contributed by atoms with Crippen molar-refractivity contribution in [2.24, 2.45) is 11.1 Å². The van der Waals surface area contributed by atoms with Gasteiger partial charge in [0.2, 0.25) is 11.9 Å². The lowest BCUT2D eigenvalue weighted by Crippen LogP contribution is -2.42. The molecule has 3 rings (SSSR count). The first kappa shape index (κ1) is 16.5. The molecule has 130 valence electrons. The van der Waals surface area contributed by atoms with Gasteiger partial charge in [-0.25, -0.2) is 0 Å². The van der Waals surface area contributed by atoms with Crippen molar-refractivity contribution in [2.75, 3.05) is 18.2 Å². The molecule has 9 heteroatoms. The second-order valence-corrected chi connectivity index (χ2v) is 5.67. The molecule has 0 saturated carbocycles. The quantitative estimate of drug-likeness (QED) is 0.370. The average molecular weight is 343 g/mol. The number of rotatable bonds is 3. The molecule has 0 unspecified atom stereocenters. The number of carbonyl (C=O) groups excluding carboxylic acids is 1. The van der Waals surface area contributed by atoms with E-state index < -0.39 is 23.3 Å². The van der Waals surface area contributed by atoms with Gasteiger partial charge in [-0.05, 0) is 24.6 Å². The zero-order chi connectivity index (χ0) is 18.1. The number of anilines is 2. The van der Waals surface area contributed by atoms with Gasteiger partial charge in [0.05, 0.1) is 24.3 Å². The Morgan fingerprint density at radius 1 is 1.32 bits per heavy atom. The third-order valence-electron chi connectivity index (χ3n) is 4.22. The van der Waals surface area contributed by atoms with Gasteiger partial charge in [0.25, 0.3) is 5.56 Å². The van der Waals surface area contributed by atoms with Crippen LogP contribution in [0.15, 0.2) is 34.2 Å². The minimum Gasteiger partial charge on any atom is -0.497 e. The Morgan fingerprint density at radius 3 is 2.60 bits per heavy atom. The zero-order valence-electron chi connectivity index (χ0n) is 13.6. The van der Waals surface area contributed by atoms with Gasteiger partial charge in [-0.2, -0.15) is 4.98 Å². The van der Waals surface area contributed by atoms with Crippen LogP contribution in [0, 0.1) is 5.92 Å². The molecule has 1 amide bonds. The number of benzene rings is 1. The number of H-pyrrole nitrogens is 1. The number of amides is 1.